The first-order chi connectivity index (χ1) is 13.8. The van der Waals surface area contributed by atoms with Gasteiger partial charge in [-0.05, 0) is 31.5 Å². The van der Waals surface area contributed by atoms with Gasteiger partial charge in [-0.25, -0.2) is 9.98 Å². The second-order valence-corrected chi connectivity index (χ2v) is 8.64. The lowest BCUT2D eigenvalue weighted by molar-refractivity contribution is -0.247. The van der Waals surface area contributed by atoms with E-state index in [-0.39, 0.29) is 18.2 Å². The molecule has 152 valence electrons. The van der Waals surface area contributed by atoms with Gasteiger partial charge >= 0.3 is 0 Å². The van der Waals surface area contributed by atoms with Crippen LogP contribution in [-0.4, -0.2) is 46.8 Å². The Morgan fingerprint density at radius 1 is 1.28 bits per heavy atom. The van der Waals surface area contributed by atoms with Crippen molar-refractivity contribution >= 4 is 11.8 Å². The standard InChI is InChI=1S/C21H24N4O4/c1-19(2)20(9-27-10-20)21(11-28-18(22)24-21)14-6-13(4-5-17(14)29-19)7-16(26)15-8-25(3)12-23-15/h4-6,8,12H,7,9-11H2,1-3H3,(H2,22,24). The molecule has 1 aromatic carbocycles. The van der Waals surface area contributed by atoms with E-state index < -0.39 is 16.6 Å². The minimum atomic E-state index is -0.698. The molecule has 1 aromatic heterocycles. The van der Waals surface area contributed by atoms with Gasteiger partial charge in [0.1, 0.15) is 29.2 Å². The number of carbonyl (C=O) groups is 1. The molecular weight excluding hydrogens is 372 g/mol. The maximum Gasteiger partial charge on any atom is 0.283 e. The Morgan fingerprint density at radius 3 is 2.66 bits per heavy atom. The fraction of sp³-hybridized carbons (Fsp3) is 0.476. The number of carbonyl (C=O) groups excluding carboxylic acids is 1. The molecule has 1 fully saturated rings. The summed E-state index contributed by atoms with van der Waals surface area (Å²) >= 11 is 0. The van der Waals surface area contributed by atoms with Crippen molar-refractivity contribution in [2.45, 2.75) is 31.4 Å². The Hall–Kier alpha value is -2.87. The summed E-state index contributed by atoms with van der Waals surface area (Å²) in [5.41, 5.74) is 6.58. The van der Waals surface area contributed by atoms with Crippen LogP contribution in [-0.2, 0) is 28.5 Å². The number of aromatic nitrogens is 2. The van der Waals surface area contributed by atoms with Gasteiger partial charge in [0.2, 0.25) is 0 Å². The topological polar surface area (TPSA) is 101 Å². The monoisotopic (exact) mass is 396 g/mol. The lowest BCUT2D eigenvalue weighted by Gasteiger charge is -2.61. The number of nitrogens with zero attached hydrogens (tertiary/aromatic N) is 3. The zero-order chi connectivity index (χ0) is 20.4. The van der Waals surface area contributed by atoms with Crippen molar-refractivity contribution in [3.63, 3.8) is 0 Å². The van der Waals surface area contributed by atoms with Crippen molar-refractivity contribution in [2.24, 2.45) is 23.2 Å². The van der Waals surface area contributed by atoms with Crippen molar-refractivity contribution < 1.29 is 19.0 Å². The highest BCUT2D eigenvalue weighted by Gasteiger charge is 2.71. The summed E-state index contributed by atoms with van der Waals surface area (Å²) in [5, 5.41) is 0. The molecular formula is C21H24N4O4. The Bertz CT molecular complexity index is 1040. The van der Waals surface area contributed by atoms with Crippen molar-refractivity contribution in [3.05, 3.63) is 47.5 Å². The summed E-state index contributed by atoms with van der Waals surface area (Å²) in [6.07, 6.45) is 3.59. The first kappa shape index (κ1) is 18.2. The molecule has 3 aliphatic rings. The normalized spacial score (nSPS) is 25.7. The van der Waals surface area contributed by atoms with Crippen LogP contribution in [0, 0.1) is 5.41 Å². The second-order valence-electron chi connectivity index (χ2n) is 8.64. The number of ketones is 1. The summed E-state index contributed by atoms with van der Waals surface area (Å²) in [7, 11) is 1.84. The van der Waals surface area contributed by atoms with Gasteiger partial charge in [0.25, 0.3) is 6.02 Å². The number of fused-ring (bicyclic) bond motifs is 3. The van der Waals surface area contributed by atoms with Crippen LogP contribution >= 0.6 is 0 Å². The summed E-state index contributed by atoms with van der Waals surface area (Å²) in [6, 6.07) is 6.00. The summed E-state index contributed by atoms with van der Waals surface area (Å²) < 4.78 is 19.5. The molecule has 29 heavy (non-hydrogen) atoms. The van der Waals surface area contributed by atoms with Crippen LogP contribution in [0.3, 0.4) is 0 Å². The predicted octanol–water partition coefficient (Wildman–Crippen LogP) is 1.57. The average molecular weight is 396 g/mol. The summed E-state index contributed by atoms with van der Waals surface area (Å²) in [4.78, 5) is 21.6. The number of rotatable bonds is 3. The van der Waals surface area contributed by atoms with E-state index in [1.54, 1.807) is 17.1 Å². The van der Waals surface area contributed by atoms with Crippen molar-refractivity contribution in [3.8, 4) is 5.75 Å². The molecule has 2 N–H and O–H groups in total. The lowest BCUT2D eigenvalue weighted by Crippen LogP contribution is -2.71. The number of aryl methyl sites for hydroxylation is 1. The van der Waals surface area contributed by atoms with Gasteiger partial charge in [0.15, 0.2) is 5.78 Å². The van der Waals surface area contributed by atoms with E-state index in [0.717, 1.165) is 16.9 Å². The van der Waals surface area contributed by atoms with Crippen LogP contribution in [0.25, 0.3) is 0 Å². The minimum absolute atomic E-state index is 0.0379. The third-order valence-electron chi connectivity index (χ3n) is 6.58. The molecule has 8 nitrogen and oxygen atoms in total. The fourth-order valence-electron chi connectivity index (χ4n) is 4.77. The molecule has 0 saturated carbocycles. The predicted molar refractivity (Wildman–Crippen MR) is 105 cm³/mol. The number of hydrogen-bond donors (Lipinski definition) is 1. The van der Waals surface area contributed by atoms with Gasteiger partial charge in [-0.3, -0.25) is 4.79 Å². The minimum Gasteiger partial charge on any atom is -0.487 e. The van der Waals surface area contributed by atoms with Crippen LogP contribution < -0.4 is 10.5 Å². The van der Waals surface area contributed by atoms with Gasteiger partial charge in [-0.2, -0.15) is 0 Å². The Morgan fingerprint density at radius 2 is 2.07 bits per heavy atom. The highest BCUT2D eigenvalue weighted by atomic mass is 16.5. The molecule has 1 saturated heterocycles. The Kier molecular flexibility index (Phi) is 3.65. The third kappa shape index (κ3) is 2.38. The molecule has 0 amide bonds. The quantitative estimate of drug-likeness (QED) is 0.791. The van der Waals surface area contributed by atoms with Crippen molar-refractivity contribution in [1.29, 1.82) is 0 Å². The van der Waals surface area contributed by atoms with Gasteiger partial charge < -0.3 is 24.5 Å². The van der Waals surface area contributed by atoms with Crippen molar-refractivity contribution in [2.75, 3.05) is 19.8 Å². The highest BCUT2D eigenvalue weighted by molar-refractivity contribution is 5.95. The number of Topliss-reactive ketones (excluding diaryl/α,β-unsaturated/α-hetero) is 1. The molecule has 2 spiro atoms. The molecule has 4 heterocycles. The maximum absolute atomic E-state index is 12.7. The first-order valence-electron chi connectivity index (χ1n) is 9.66. The van der Waals surface area contributed by atoms with E-state index in [4.69, 9.17) is 24.9 Å². The number of aliphatic imine (C=N–C) groups is 1. The number of benzene rings is 1. The first-order valence-corrected chi connectivity index (χ1v) is 9.66. The summed E-state index contributed by atoms with van der Waals surface area (Å²) in [6.45, 7) is 5.47. The number of nitrogens with two attached hydrogens (primary N) is 1. The van der Waals surface area contributed by atoms with E-state index >= 15 is 0 Å². The van der Waals surface area contributed by atoms with Gasteiger partial charge in [-0.15, -0.1) is 0 Å². The van der Waals surface area contributed by atoms with E-state index in [2.05, 4.69) is 18.8 Å². The zero-order valence-corrected chi connectivity index (χ0v) is 16.8. The van der Waals surface area contributed by atoms with E-state index in [1.807, 2.05) is 25.2 Å². The number of amidine groups is 1. The molecule has 3 aliphatic heterocycles. The fourth-order valence-corrected chi connectivity index (χ4v) is 4.77. The van der Waals surface area contributed by atoms with E-state index in [1.165, 1.54) is 0 Å². The largest absolute Gasteiger partial charge is 0.487 e. The second kappa shape index (κ2) is 5.82. The Balaban J connectivity index is 1.58. The molecule has 1 unspecified atom stereocenters. The molecule has 0 bridgehead atoms. The molecule has 0 aliphatic carbocycles. The number of imidazole rings is 1. The molecule has 8 heteroatoms. The Labute approximate surface area is 168 Å². The lowest BCUT2D eigenvalue weighted by atomic mass is 9.55. The molecule has 0 radical (unpaired) electrons. The molecule has 2 aromatic rings. The van der Waals surface area contributed by atoms with Gasteiger partial charge in [0, 0.05) is 25.2 Å². The molecule has 1 atom stereocenters. The van der Waals surface area contributed by atoms with Crippen molar-refractivity contribution in [1.82, 2.24) is 9.55 Å². The van der Waals surface area contributed by atoms with Crippen LogP contribution in [0.2, 0.25) is 0 Å². The maximum atomic E-state index is 12.7. The van der Waals surface area contributed by atoms with E-state index in [9.17, 15) is 4.79 Å². The SMILES string of the molecule is Cn1cnc(C(=O)Cc2ccc3c(c2)C2(COC(N)=N2)C2(COC2)C(C)(C)O3)c1. The summed E-state index contributed by atoms with van der Waals surface area (Å²) in [5.74, 6) is 0.702. The highest BCUT2D eigenvalue weighted by Crippen LogP contribution is 2.62. The van der Waals surface area contributed by atoms with Gasteiger partial charge in [-0.1, -0.05) is 6.07 Å². The van der Waals surface area contributed by atoms with Crippen LogP contribution in [0.1, 0.15) is 35.5 Å². The molecule has 5 rings (SSSR count). The number of ether oxygens (including phenoxy) is 3. The smallest absolute Gasteiger partial charge is 0.283 e. The average Bonchev–Trinajstić information content (AvgIpc) is 3.21. The van der Waals surface area contributed by atoms with Crippen LogP contribution in [0.15, 0.2) is 35.7 Å². The zero-order valence-electron chi connectivity index (χ0n) is 16.8. The number of hydrogen-bond acceptors (Lipinski definition) is 7. The third-order valence-corrected chi connectivity index (χ3v) is 6.58. The van der Waals surface area contributed by atoms with Crippen LogP contribution in [0.5, 0.6) is 5.75 Å². The van der Waals surface area contributed by atoms with E-state index in [0.29, 0.717) is 25.5 Å². The van der Waals surface area contributed by atoms with Gasteiger partial charge in [0.05, 0.1) is 25.0 Å². The van der Waals surface area contributed by atoms with Crippen LogP contribution in [0.4, 0.5) is 0 Å².